The number of carbonyl (C=O) groups excluding carboxylic acids is 1. The van der Waals surface area contributed by atoms with Gasteiger partial charge in [-0.15, -0.1) is 0 Å². The van der Waals surface area contributed by atoms with Gasteiger partial charge in [-0.3, -0.25) is 9.69 Å². The van der Waals surface area contributed by atoms with Crippen LogP contribution in [0.5, 0.6) is 0 Å². The van der Waals surface area contributed by atoms with Crippen LogP contribution in [0.2, 0.25) is 0 Å². The number of nitrogens with zero attached hydrogens (tertiary/aromatic N) is 2. The lowest BCUT2D eigenvalue weighted by molar-refractivity contribution is -0.117. The normalized spacial score (nSPS) is 15.6. The number of rotatable bonds is 6. The van der Waals surface area contributed by atoms with Gasteiger partial charge in [0.25, 0.3) is 0 Å². The van der Waals surface area contributed by atoms with E-state index in [0.717, 1.165) is 24.3 Å². The summed E-state index contributed by atoms with van der Waals surface area (Å²) in [6, 6.07) is 14.5. The van der Waals surface area contributed by atoms with E-state index in [1.807, 2.05) is 31.0 Å². The Morgan fingerprint density at radius 3 is 2.33 bits per heavy atom. The summed E-state index contributed by atoms with van der Waals surface area (Å²) >= 11 is 0. The van der Waals surface area contributed by atoms with E-state index in [9.17, 15) is 9.18 Å². The van der Waals surface area contributed by atoms with Crippen LogP contribution >= 0.6 is 0 Å². The highest BCUT2D eigenvalue weighted by molar-refractivity contribution is 5.92. The average molecular weight is 369 g/mol. The topological polar surface area (TPSA) is 35.6 Å². The van der Waals surface area contributed by atoms with E-state index < -0.39 is 0 Å². The molecule has 1 atom stereocenters. The lowest BCUT2D eigenvalue weighted by atomic mass is 10.1. The van der Waals surface area contributed by atoms with Crippen molar-refractivity contribution in [2.75, 3.05) is 36.9 Å². The van der Waals surface area contributed by atoms with Gasteiger partial charge in [0.15, 0.2) is 0 Å². The first-order valence-corrected chi connectivity index (χ1v) is 9.63. The second kappa shape index (κ2) is 9.00. The summed E-state index contributed by atoms with van der Waals surface area (Å²) in [4.78, 5) is 16.7. The summed E-state index contributed by atoms with van der Waals surface area (Å²) in [6.45, 7) is 4.50. The van der Waals surface area contributed by atoms with Crippen molar-refractivity contribution in [2.45, 2.75) is 32.2 Å². The molecule has 1 aliphatic rings. The Morgan fingerprint density at radius 1 is 1.07 bits per heavy atom. The van der Waals surface area contributed by atoms with Crippen molar-refractivity contribution in [1.82, 2.24) is 4.90 Å². The van der Waals surface area contributed by atoms with Gasteiger partial charge in [0.2, 0.25) is 5.91 Å². The molecule has 0 aliphatic carbocycles. The smallest absolute Gasteiger partial charge is 0.238 e. The van der Waals surface area contributed by atoms with Crippen LogP contribution in [-0.4, -0.2) is 37.5 Å². The predicted octanol–water partition coefficient (Wildman–Crippen LogP) is 4.45. The van der Waals surface area contributed by atoms with Crippen molar-refractivity contribution >= 4 is 17.3 Å². The number of likely N-dealkylation sites (N-methyl/N-ethyl adjacent to an activating group) is 1. The minimum atomic E-state index is -0.251. The molecule has 0 aromatic heterocycles. The number of hydrogen-bond donors (Lipinski definition) is 1. The van der Waals surface area contributed by atoms with E-state index in [0.29, 0.717) is 0 Å². The van der Waals surface area contributed by atoms with Gasteiger partial charge >= 0.3 is 0 Å². The molecule has 1 fully saturated rings. The molecule has 1 saturated heterocycles. The van der Waals surface area contributed by atoms with Gasteiger partial charge in [0.1, 0.15) is 5.82 Å². The second-order valence-electron chi connectivity index (χ2n) is 7.29. The molecular weight excluding hydrogens is 341 g/mol. The first kappa shape index (κ1) is 19.4. The van der Waals surface area contributed by atoms with Gasteiger partial charge in [-0.25, -0.2) is 4.39 Å². The van der Waals surface area contributed by atoms with Crippen molar-refractivity contribution in [3.63, 3.8) is 0 Å². The maximum atomic E-state index is 13.1. The molecule has 1 amide bonds. The standard InChI is InChI=1S/C22H28FN3O/c1-17(18-6-8-19(23)9-7-18)25(2)16-22(27)24-20-10-12-21(13-11-20)26-14-4-3-5-15-26/h6-13,17H,3-5,14-16H2,1-2H3,(H,24,27). The van der Waals surface area contributed by atoms with Crippen LogP contribution in [0, 0.1) is 5.82 Å². The first-order valence-electron chi connectivity index (χ1n) is 9.63. The minimum Gasteiger partial charge on any atom is -0.372 e. The van der Waals surface area contributed by atoms with Crippen LogP contribution in [0.3, 0.4) is 0 Å². The number of amides is 1. The number of carbonyl (C=O) groups is 1. The van der Waals surface area contributed by atoms with Gasteiger partial charge < -0.3 is 10.2 Å². The third kappa shape index (κ3) is 5.30. The molecular formula is C22H28FN3O. The Labute approximate surface area is 161 Å². The molecule has 0 radical (unpaired) electrons. The Hall–Kier alpha value is -2.40. The quantitative estimate of drug-likeness (QED) is 0.817. The van der Waals surface area contributed by atoms with Gasteiger partial charge in [0, 0.05) is 30.5 Å². The summed E-state index contributed by atoms with van der Waals surface area (Å²) in [5.74, 6) is -0.309. The van der Waals surface area contributed by atoms with Crippen molar-refractivity contribution in [3.8, 4) is 0 Å². The zero-order valence-corrected chi connectivity index (χ0v) is 16.1. The lowest BCUT2D eigenvalue weighted by Gasteiger charge is -2.29. The fraction of sp³-hybridized carbons (Fsp3) is 0.409. The molecule has 144 valence electrons. The van der Waals surface area contributed by atoms with E-state index in [1.54, 1.807) is 12.1 Å². The average Bonchev–Trinajstić information content (AvgIpc) is 2.69. The maximum Gasteiger partial charge on any atom is 0.238 e. The third-order valence-corrected chi connectivity index (χ3v) is 5.28. The molecule has 2 aromatic rings. The molecule has 1 N–H and O–H groups in total. The number of halogens is 1. The van der Waals surface area contributed by atoms with Crippen molar-refractivity contribution in [3.05, 3.63) is 59.9 Å². The summed E-state index contributed by atoms with van der Waals surface area (Å²) in [5.41, 5.74) is 3.01. The molecule has 4 nitrogen and oxygen atoms in total. The fourth-order valence-corrected chi connectivity index (χ4v) is 3.47. The highest BCUT2D eigenvalue weighted by Crippen LogP contribution is 2.22. The Bertz CT molecular complexity index is 739. The molecule has 1 heterocycles. The van der Waals surface area contributed by atoms with Crippen molar-refractivity contribution in [2.24, 2.45) is 0 Å². The Balaban J connectivity index is 1.52. The van der Waals surface area contributed by atoms with Gasteiger partial charge in [-0.05, 0) is 75.2 Å². The van der Waals surface area contributed by atoms with E-state index in [1.165, 1.54) is 37.1 Å². The minimum absolute atomic E-state index is 0.0258. The van der Waals surface area contributed by atoms with Gasteiger partial charge in [-0.1, -0.05) is 12.1 Å². The monoisotopic (exact) mass is 369 g/mol. The van der Waals surface area contributed by atoms with E-state index in [-0.39, 0.29) is 24.3 Å². The van der Waals surface area contributed by atoms with Crippen LogP contribution in [0.25, 0.3) is 0 Å². The van der Waals surface area contributed by atoms with Crippen molar-refractivity contribution < 1.29 is 9.18 Å². The van der Waals surface area contributed by atoms with E-state index in [4.69, 9.17) is 0 Å². The first-order chi connectivity index (χ1) is 13.0. The van der Waals surface area contributed by atoms with Crippen LogP contribution < -0.4 is 10.2 Å². The maximum absolute atomic E-state index is 13.1. The number of benzene rings is 2. The van der Waals surface area contributed by atoms with Gasteiger partial charge in [0.05, 0.1) is 6.54 Å². The van der Waals surface area contributed by atoms with Crippen LogP contribution in [-0.2, 0) is 4.79 Å². The third-order valence-electron chi connectivity index (χ3n) is 5.28. The summed E-state index contributed by atoms with van der Waals surface area (Å²) < 4.78 is 13.1. The molecule has 1 aliphatic heterocycles. The largest absolute Gasteiger partial charge is 0.372 e. The van der Waals surface area contributed by atoms with Crippen molar-refractivity contribution in [1.29, 1.82) is 0 Å². The zero-order chi connectivity index (χ0) is 19.2. The van der Waals surface area contributed by atoms with E-state index in [2.05, 4.69) is 22.3 Å². The SMILES string of the molecule is CC(c1ccc(F)cc1)N(C)CC(=O)Nc1ccc(N2CCCCC2)cc1. The number of anilines is 2. The Morgan fingerprint density at radius 2 is 1.70 bits per heavy atom. The molecule has 0 saturated carbocycles. The molecule has 3 rings (SSSR count). The lowest BCUT2D eigenvalue weighted by Crippen LogP contribution is -2.32. The highest BCUT2D eigenvalue weighted by atomic mass is 19.1. The Kier molecular flexibility index (Phi) is 6.45. The highest BCUT2D eigenvalue weighted by Gasteiger charge is 2.15. The molecule has 1 unspecified atom stereocenters. The van der Waals surface area contributed by atoms with Crippen LogP contribution in [0.15, 0.2) is 48.5 Å². The molecule has 0 spiro atoms. The van der Waals surface area contributed by atoms with Gasteiger partial charge in [-0.2, -0.15) is 0 Å². The van der Waals surface area contributed by atoms with Crippen LogP contribution in [0.4, 0.5) is 15.8 Å². The molecule has 2 aromatic carbocycles. The number of hydrogen-bond acceptors (Lipinski definition) is 3. The molecule has 0 bridgehead atoms. The number of piperidine rings is 1. The van der Waals surface area contributed by atoms with E-state index >= 15 is 0 Å². The predicted molar refractivity (Wildman–Crippen MR) is 109 cm³/mol. The summed E-state index contributed by atoms with van der Waals surface area (Å²) in [6.07, 6.45) is 3.81. The van der Waals surface area contributed by atoms with Crippen LogP contribution in [0.1, 0.15) is 37.8 Å². The molecule has 5 heteroatoms. The summed E-state index contributed by atoms with van der Waals surface area (Å²) in [5, 5.41) is 2.96. The fourth-order valence-electron chi connectivity index (χ4n) is 3.47. The second-order valence-corrected chi connectivity index (χ2v) is 7.29. The number of nitrogens with one attached hydrogen (secondary N) is 1. The summed E-state index contributed by atoms with van der Waals surface area (Å²) in [7, 11) is 1.90. The zero-order valence-electron chi connectivity index (χ0n) is 16.1. The molecule has 27 heavy (non-hydrogen) atoms.